The third kappa shape index (κ3) is 4.94. The van der Waals surface area contributed by atoms with Gasteiger partial charge in [-0.25, -0.2) is 15.0 Å². The molecule has 0 saturated heterocycles. The van der Waals surface area contributed by atoms with E-state index in [0.717, 1.165) is 11.1 Å². The standard InChI is InChI=1S/C20H23N7OS/c1-12-4-6-13(7-5-12)16(21)15-17(22)24-10-25-18(15)27-20(2,3)9-23-19(28)14-8-29-11-26-14/h4-8,10-11,21H,9H2,1-3H3,(H,23,28)(H3,22,24,25,27). The summed E-state index contributed by atoms with van der Waals surface area (Å²) in [6.07, 6.45) is 1.35. The summed E-state index contributed by atoms with van der Waals surface area (Å²) in [6.45, 7) is 6.16. The third-order valence-corrected chi connectivity index (χ3v) is 4.87. The average molecular weight is 410 g/mol. The molecule has 0 atom stereocenters. The van der Waals surface area contributed by atoms with Crippen LogP contribution in [0.25, 0.3) is 0 Å². The summed E-state index contributed by atoms with van der Waals surface area (Å²) in [5.74, 6) is 0.419. The summed E-state index contributed by atoms with van der Waals surface area (Å²) in [5.41, 5.74) is 10.0. The SMILES string of the molecule is Cc1ccc(C(=N)c2c(N)ncnc2NC(C)(C)CNC(=O)c2cscn2)cc1. The molecule has 1 amide bonds. The maximum atomic E-state index is 12.2. The highest BCUT2D eigenvalue weighted by molar-refractivity contribution is 7.07. The Labute approximate surface area is 173 Å². The van der Waals surface area contributed by atoms with Gasteiger partial charge < -0.3 is 16.4 Å². The average Bonchev–Trinajstić information content (AvgIpc) is 3.21. The monoisotopic (exact) mass is 409 g/mol. The summed E-state index contributed by atoms with van der Waals surface area (Å²) in [5, 5.41) is 16.5. The summed E-state index contributed by atoms with van der Waals surface area (Å²) in [6, 6.07) is 7.62. The van der Waals surface area contributed by atoms with Gasteiger partial charge in [0.05, 0.1) is 22.3 Å². The lowest BCUT2D eigenvalue weighted by molar-refractivity contribution is 0.0943. The minimum Gasteiger partial charge on any atom is -0.383 e. The molecule has 3 rings (SSSR count). The lowest BCUT2D eigenvalue weighted by Crippen LogP contribution is -2.44. The van der Waals surface area contributed by atoms with Gasteiger partial charge in [0.2, 0.25) is 0 Å². The molecule has 9 heteroatoms. The first-order chi connectivity index (χ1) is 13.8. The van der Waals surface area contributed by atoms with Crippen molar-refractivity contribution in [2.75, 3.05) is 17.6 Å². The van der Waals surface area contributed by atoms with Crippen molar-refractivity contribution in [2.45, 2.75) is 26.3 Å². The molecule has 0 aliphatic heterocycles. The molecule has 2 heterocycles. The zero-order chi connectivity index (χ0) is 21.0. The fourth-order valence-corrected chi connectivity index (χ4v) is 3.22. The molecule has 0 aliphatic carbocycles. The van der Waals surface area contributed by atoms with Crippen molar-refractivity contribution in [3.05, 3.63) is 63.9 Å². The molecule has 1 aromatic carbocycles. The second kappa shape index (κ2) is 8.36. The number of aryl methyl sites for hydroxylation is 1. The fourth-order valence-electron chi connectivity index (χ4n) is 2.69. The number of nitrogens with one attached hydrogen (secondary N) is 3. The van der Waals surface area contributed by atoms with Crippen LogP contribution in [-0.2, 0) is 0 Å². The van der Waals surface area contributed by atoms with E-state index in [9.17, 15) is 4.79 Å². The van der Waals surface area contributed by atoms with Crippen LogP contribution in [0.5, 0.6) is 0 Å². The Kier molecular flexibility index (Phi) is 5.88. The highest BCUT2D eigenvalue weighted by Crippen LogP contribution is 2.24. The summed E-state index contributed by atoms with van der Waals surface area (Å²) in [4.78, 5) is 24.5. The molecule has 0 bridgehead atoms. The zero-order valence-electron chi connectivity index (χ0n) is 16.5. The van der Waals surface area contributed by atoms with Gasteiger partial charge in [0, 0.05) is 17.5 Å². The Hall–Kier alpha value is -3.33. The number of nitrogens with two attached hydrogens (primary N) is 1. The number of hydrogen-bond donors (Lipinski definition) is 4. The van der Waals surface area contributed by atoms with E-state index >= 15 is 0 Å². The molecule has 0 aliphatic rings. The number of hydrogen-bond acceptors (Lipinski definition) is 8. The highest BCUT2D eigenvalue weighted by Gasteiger charge is 2.24. The number of carbonyl (C=O) groups is 1. The van der Waals surface area contributed by atoms with Gasteiger partial charge in [-0.1, -0.05) is 29.8 Å². The van der Waals surface area contributed by atoms with Crippen LogP contribution in [0.15, 0.2) is 41.5 Å². The molecule has 3 aromatic rings. The summed E-state index contributed by atoms with van der Waals surface area (Å²) < 4.78 is 0. The maximum Gasteiger partial charge on any atom is 0.270 e. The largest absolute Gasteiger partial charge is 0.383 e. The van der Waals surface area contributed by atoms with Crippen LogP contribution in [0.4, 0.5) is 11.6 Å². The number of benzene rings is 1. The summed E-state index contributed by atoms with van der Waals surface area (Å²) >= 11 is 1.37. The Morgan fingerprint density at radius 1 is 1.21 bits per heavy atom. The van der Waals surface area contributed by atoms with Crippen LogP contribution in [0, 0.1) is 12.3 Å². The minimum absolute atomic E-state index is 0.218. The van der Waals surface area contributed by atoms with Crippen LogP contribution in [0.3, 0.4) is 0 Å². The van der Waals surface area contributed by atoms with Gasteiger partial charge in [0.1, 0.15) is 23.7 Å². The van der Waals surface area contributed by atoms with E-state index in [1.165, 1.54) is 17.7 Å². The van der Waals surface area contributed by atoms with Crippen molar-refractivity contribution >= 4 is 34.6 Å². The maximum absolute atomic E-state index is 12.2. The predicted molar refractivity (Wildman–Crippen MR) is 116 cm³/mol. The molecule has 5 N–H and O–H groups in total. The Morgan fingerprint density at radius 3 is 2.59 bits per heavy atom. The Balaban J connectivity index is 1.79. The van der Waals surface area contributed by atoms with Crippen molar-refractivity contribution in [3.8, 4) is 0 Å². The van der Waals surface area contributed by atoms with E-state index in [1.54, 1.807) is 10.9 Å². The van der Waals surface area contributed by atoms with Crippen LogP contribution in [0.2, 0.25) is 0 Å². The van der Waals surface area contributed by atoms with E-state index in [4.69, 9.17) is 11.1 Å². The van der Waals surface area contributed by atoms with Gasteiger partial charge in [0.25, 0.3) is 5.91 Å². The number of carbonyl (C=O) groups excluding carboxylic acids is 1. The lowest BCUT2D eigenvalue weighted by atomic mass is 10.00. The number of thiazole rings is 1. The van der Waals surface area contributed by atoms with Gasteiger partial charge in [-0.2, -0.15) is 0 Å². The smallest absolute Gasteiger partial charge is 0.270 e. The van der Waals surface area contributed by atoms with Crippen molar-refractivity contribution < 1.29 is 4.79 Å². The molecule has 150 valence electrons. The first-order valence-electron chi connectivity index (χ1n) is 8.98. The van der Waals surface area contributed by atoms with E-state index in [-0.39, 0.29) is 17.4 Å². The lowest BCUT2D eigenvalue weighted by Gasteiger charge is -2.28. The van der Waals surface area contributed by atoms with Crippen LogP contribution in [0.1, 0.15) is 41.0 Å². The van der Waals surface area contributed by atoms with E-state index in [1.807, 2.05) is 45.0 Å². The number of anilines is 2. The molecule has 8 nitrogen and oxygen atoms in total. The van der Waals surface area contributed by atoms with E-state index in [0.29, 0.717) is 23.6 Å². The minimum atomic E-state index is -0.561. The van der Waals surface area contributed by atoms with Gasteiger partial charge in [0.15, 0.2) is 0 Å². The number of nitrogen functional groups attached to an aromatic ring is 1. The Bertz CT molecular complexity index is 1010. The molecule has 29 heavy (non-hydrogen) atoms. The van der Waals surface area contributed by atoms with Crippen molar-refractivity contribution in [2.24, 2.45) is 0 Å². The first kappa shape index (κ1) is 20.4. The number of nitrogens with zero attached hydrogens (tertiary/aromatic N) is 3. The topological polar surface area (TPSA) is 130 Å². The molecule has 0 radical (unpaired) electrons. The number of aromatic nitrogens is 3. The third-order valence-electron chi connectivity index (χ3n) is 4.28. The molecule has 0 saturated carbocycles. The molecule has 0 unspecified atom stereocenters. The molecular weight excluding hydrogens is 386 g/mol. The van der Waals surface area contributed by atoms with E-state index in [2.05, 4.69) is 25.6 Å². The van der Waals surface area contributed by atoms with Crippen molar-refractivity contribution in [1.82, 2.24) is 20.3 Å². The quantitative estimate of drug-likeness (QED) is 0.444. The molecule has 2 aromatic heterocycles. The highest BCUT2D eigenvalue weighted by atomic mass is 32.1. The molecule has 0 spiro atoms. The van der Waals surface area contributed by atoms with Gasteiger partial charge in [-0.3, -0.25) is 10.2 Å². The van der Waals surface area contributed by atoms with Crippen molar-refractivity contribution in [3.63, 3.8) is 0 Å². The van der Waals surface area contributed by atoms with Crippen LogP contribution in [-0.4, -0.2) is 38.7 Å². The zero-order valence-corrected chi connectivity index (χ0v) is 17.3. The Morgan fingerprint density at radius 2 is 1.93 bits per heavy atom. The first-order valence-corrected chi connectivity index (χ1v) is 9.92. The number of rotatable bonds is 7. The van der Waals surface area contributed by atoms with Crippen LogP contribution < -0.4 is 16.4 Å². The molecular formula is C20H23N7OS. The predicted octanol–water partition coefficient (Wildman–Crippen LogP) is 2.86. The number of amides is 1. The summed E-state index contributed by atoms with van der Waals surface area (Å²) in [7, 11) is 0. The normalized spacial score (nSPS) is 11.1. The van der Waals surface area contributed by atoms with Gasteiger partial charge >= 0.3 is 0 Å². The van der Waals surface area contributed by atoms with Crippen LogP contribution >= 0.6 is 11.3 Å². The van der Waals surface area contributed by atoms with Gasteiger partial charge in [-0.15, -0.1) is 11.3 Å². The second-order valence-electron chi connectivity index (χ2n) is 7.29. The molecule has 0 fully saturated rings. The van der Waals surface area contributed by atoms with Gasteiger partial charge in [-0.05, 0) is 20.8 Å². The van der Waals surface area contributed by atoms with E-state index < -0.39 is 5.54 Å². The second-order valence-corrected chi connectivity index (χ2v) is 8.01. The fraction of sp³-hybridized carbons (Fsp3) is 0.250. The van der Waals surface area contributed by atoms with Crippen molar-refractivity contribution in [1.29, 1.82) is 5.41 Å².